The van der Waals surface area contributed by atoms with Gasteiger partial charge in [0.05, 0.1) is 5.56 Å². The van der Waals surface area contributed by atoms with Crippen LogP contribution >= 0.6 is 0 Å². The molecule has 0 spiro atoms. The van der Waals surface area contributed by atoms with E-state index in [2.05, 4.69) is 17.2 Å². The molecule has 2 N–H and O–H groups in total. The number of anilines is 2. The molecule has 0 saturated heterocycles. The summed E-state index contributed by atoms with van der Waals surface area (Å²) >= 11 is 0. The Morgan fingerprint density at radius 2 is 2.05 bits per heavy atom. The molecule has 19 heavy (non-hydrogen) atoms. The zero-order valence-corrected chi connectivity index (χ0v) is 11.0. The summed E-state index contributed by atoms with van der Waals surface area (Å²) in [5.74, 6) is -0.393. The Morgan fingerprint density at radius 3 is 2.74 bits per heavy atom. The number of nitrogens with one attached hydrogen (secondary N) is 1. The first-order valence-electron chi connectivity index (χ1n) is 6.17. The van der Waals surface area contributed by atoms with E-state index in [-0.39, 0.29) is 5.56 Å². The minimum atomic E-state index is -0.947. The molecule has 1 aromatic heterocycles. The van der Waals surface area contributed by atoms with Crippen molar-refractivity contribution in [2.45, 2.75) is 20.3 Å². The van der Waals surface area contributed by atoms with Crippen LogP contribution in [-0.4, -0.2) is 16.1 Å². The number of nitrogens with zero attached hydrogens (tertiary/aromatic N) is 1. The highest BCUT2D eigenvalue weighted by Crippen LogP contribution is 2.21. The van der Waals surface area contributed by atoms with Gasteiger partial charge in [-0.1, -0.05) is 25.1 Å². The molecule has 4 nitrogen and oxygen atoms in total. The maximum atomic E-state index is 11.0. The molecule has 4 heteroatoms. The Bertz CT molecular complexity index is 609. The second-order valence-corrected chi connectivity index (χ2v) is 4.32. The smallest absolute Gasteiger partial charge is 0.335 e. The quantitative estimate of drug-likeness (QED) is 0.880. The van der Waals surface area contributed by atoms with Gasteiger partial charge in [0.25, 0.3) is 0 Å². The van der Waals surface area contributed by atoms with Crippen LogP contribution in [0.4, 0.5) is 11.5 Å². The molecule has 2 aromatic rings. The predicted octanol–water partition coefficient (Wildman–Crippen LogP) is 3.39. The van der Waals surface area contributed by atoms with E-state index in [4.69, 9.17) is 5.11 Å². The summed E-state index contributed by atoms with van der Waals surface area (Å²) in [6, 6.07) is 11.0. The summed E-state index contributed by atoms with van der Waals surface area (Å²) in [6.45, 7) is 3.86. The van der Waals surface area contributed by atoms with Gasteiger partial charge in [0.2, 0.25) is 0 Å². The highest BCUT2D eigenvalue weighted by molar-refractivity contribution is 5.88. The van der Waals surface area contributed by atoms with Gasteiger partial charge in [0.15, 0.2) is 0 Å². The van der Waals surface area contributed by atoms with Crippen LogP contribution in [0.25, 0.3) is 0 Å². The second-order valence-electron chi connectivity index (χ2n) is 4.32. The normalized spacial score (nSPS) is 10.2. The number of aromatic nitrogens is 1. The van der Waals surface area contributed by atoms with E-state index in [9.17, 15) is 4.79 Å². The predicted molar refractivity (Wildman–Crippen MR) is 75.0 cm³/mol. The molecule has 2 rings (SSSR count). The van der Waals surface area contributed by atoms with Crippen LogP contribution in [0.1, 0.15) is 28.5 Å². The molecule has 0 amide bonds. The van der Waals surface area contributed by atoms with Crippen molar-refractivity contribution in [1.29, 1.82) is 0 Å². The molecule has 0 unspecified atom stereocenters. The Hall–Kier alpha value is -2.36. The fourth-order valence-electron chi connectivity index (χ4n) is 1.94. The van der Waals surface area contributed by atoms with Crippen molar-refractivity contribution in [3.63, 3.8) is 0 Å². The van der Waals surface area contributed by atoms with Crippen molar-refractivity contribution in [3.8, 4) is 0 Å². The van der Waals surface area contributed by atoms with Crippen molar-refractivity contribution in [2.24, 2.45) is 0 Å². The van der Waals surface area contributed by atoms with Crippen LogP contribution in [0.15, 0.2) is 36.4 Å². The van der Waals surface area contributed by atoms with Gasteiger partial charge in [-0.25, -0.2) is 9.78 Å². The van der Waals surface area contributed by atoms with Gasteiger partial charge in [-0.15, -0.1) is 0 Å². The minimum Gasteiger partial charge on any atom is -0.478 e. The van der Waals surface area contributed by atoms with E-state index >= 15 is 0 Å². The third-order valence-electron chi connectivity index (χ3n) is 2.86. The summed E-state index contributed by atoms with van der Waals surface area (Å²) < 4.78 is 0. The number of aromatic carboxylic acids is 1. The fraction of sp³-hybridized carbons (Fsp3) is 0.200. The standard InChI is InChI=1S/C15H16N2O2/c1-3-11-6-4-5-7-13(11)17-14-9-12(15(18)19)8-10(2)16-14/h4-9H,3H2,1-2H3,(H,16,17)(H,18,19). The number of benzene rings is 1. The zero-order valence-electron chi connectivity index (χ0n) is 11.0. The third kappa shape index (κ3) is 3.10. The Kier molecular flexibility index (Phi) is 3.80. The van der Waals surface area contributed by atoms with Crippen LogP contribution in [-0.2, 0) is 6.42 Å². The lowest BCUT2D eigenvalue weighted by molar-refractivity contribution is 0.0696. The number of carboxylic acids is 1. The Balaban J connectivity index is 2.35. The molecule has 0 bridgehead atoms. The maximum Gasteiger partial charge on any atom is 0.335 e. The maximum absolute atomic E-state index is 11.0. The van der Waals surface area contributed by atoms with Crippen LogP contribution in [0.5, 0.6) is 0 Å². The number of carbonyl (C=O) groups is 1. The highest BCUT2D eigenvalue weighted by Gasteiger charge is 2.08. The fourth-order valence-corrected chi connectivity index (χ4v) is 1.94. The minimum absolute atomic E-state index is 0.240. The van der Waals surface area contributed by atoms with Gasteiger partial charge in [-0.3, -0.25) is 0 Å². The molecule has 0 radical (unpaired) electrons. The van der Waals surface area contributed by atoms with Crippen molar-refractivity contribution < 1.29 is 9.90 Å². The van der Waals surface area contributed by atoms with E-state index in [0.717, 1.165) is 12.1 Å². The number of carboxylic acid groups (broad SMARTS) is 1. The third-order valence-corrected chi connectivity index (χ3v) is 2.86. The van der Waals surface area contributed by atoms with E-state index in [1.165, 1.54) is 5.56 Å². The average Bonchev–Trinajstić information content (AvgIpc) is 2.38. The van der Waals surface area contributed by atoms with Crippen molar-refractivity contribution in [2.75, 3.05) is 5.32 Å². The van der Waals surface area contributed by atoms with E-state index in [0.29, 0.717) is 11.5 Å². The molecular weight excluding hydrogens is 240 g/mol. The summed E-state index contributed by atoms with van der Waals surface area (Å²) in [5.41, 5.74) is 3.04. The first kappa shape index (κ1) is 13.1. The summed E-state index contributed by atoms with van der Waals surface area (Å²) in [7, 11) is 0. The van der Waals surface area contributed by atoms with Gasteiger partial charge in [0, 0.05) is 11.4 Å². The molecule has 0 saturated carbocycles. The van der Waals surface area contributed by atoms with E-state index in [1.807, 2.05) is 24.3 Å². The van der Waals surface area contributed by atoms with Gasteiger partial charge in [0.1, 0.15) is 5.82 Å². The SMILES string of the molecule is CCc1ccccc1Nc1cc(C(=O)O)cc(C)n1. The lowest BCUT2D eigenvalue weighted by Crippen LogP contribution is -2.03. The highest BCUT2D eigenvalue weighted by atomic mass is 16.4. The molecule has 1 aromatic carbocycles. The van der Waals surface area contributed by atoms with Crippen LogP contribution in [0.3, 0.4) is 0 Å². The van der Waals surface area contributed by atoms with Crippen molar-refractivity contribution in [3.05, 3.63) is 53.2 Å². The first-order valence-corrected chi connectivity index (χ1v) is 6.17. The van der Waals surface area contributed by atoms with Crippen LogP contribution < -0.4 is 5.32 Å². The molecule has 0 atom stereocenters. The molecule has 98 valence electrons. The monoisotopic (exact) mass is 256 g/mol. The van der Waals surface area contributed by atoms with Gasteiger partial charge in [-0.05, 0) is 37.1 Å². The Labute approximate surface area is 112 Å². The second kappa shape index (κ2) is 5.52. The molecular formula is C15H16N2O2. The van der Waals surface area contributed by atoms with Gasteiger partial charge in [-0.2, -0.15) is 0 Å². The lowest BCUT2D eigenvalue weighted by atomic mass is 10.1. The number of hydrogen-bond acceptors (Lipinski definition) is 3. The van der Waals surface area contributed by atoms with Crippen LogP contribution in [0.2, 0.25) is 0 Å². The van der Waals surface area contributed by atoms with Gasteiger partial charge < -0.3 is 10.4 Å². The lowest BCUT2D eigenvalue weighted by Gasteiger charge is -2.11. The Morgan fingerprint density at radius 1 is 1.32 bits per heavy atom. The topological polar surface area (TPSA) is 62.2 Å². The van der Waals surface area contributed by atoms with Crippen molar-refractivity contribution in [1.82, 2.24) is 4.98 Å². The molecule has 0 aliphatic carbocycles. The van der Waals surface area contributed by atoms with Crippen molar-refractivity contribution >= 4 is 17.5 Å². The van der Waals surface area contributed by atoms with E-state index in [1.54, 1.807) is 19.1 Å². The summed E-state index contributed by atoms with van der Waals surface area (Å²) in [5, 5.41) is 12.2. The first-order chi connectivity index (χ1) is 9.10. The molecule has 0 aliphatic rings. The number of hydrogen-bond donors (Lipinski definition) is 2. The summed E-state index contributed by atoms with van der Waals surface area (Å²) in [6.07, 6.45) is 0.904. The zero-order chi connectivity index (χ0) is 13.8. The number of rotatable bonds is 4. The summed E-state index contributed by atoms with van der Waals surface area (Å²) in [4.78, 5) is 15.3. The largest absolute Gasteiger partial charge is 0.478 e. The molecule has 0 aliphatic heterocycles. The number of pyridine rings is 1. The molecule has 1 heterocycles. The van der Waals surface area contributed by atoms with E-state index < -0.39 is 5.97 Å². The number of para-hydroxylation sites is 1. The van der Waals surface area contributed by atoms with Crippen LogP contribution in [0, 0.1) is 6.92 Å². The van der Waals surface area contributed by atoms with Gasteiger partial charge >= 0.3 is 5.97 Å². The average molecular weight is 256 g/mol. The molecule has 0 fully saturated rings. The number of aryl methyl sites for hydroxylation is 2.